The molecule has 1 heterocycles. The first-order valence-corrected chi connectivity index (χ1v) is 6.59. The van der Waals surface area contributed by atoms with Gasteiger partial charge in [0.2, 0.25) is 0 Å². The van der Waals surface area contributed by atoms with Crippen molar-refractivity contribution in [3.05, 3.63) is 18.2 Å². The predicted octanol–water partition coefficient (Wildman–Crippen LogP) is 4.35. The van der Waals surface area contributed by atoms with Crippen molar-refractivity contribution in [3.8, 4) is 0 Å². The van der Waals surface area contributed by atoms with Gasteiger partial charge in [-0.1, -0.05) is 39.0 Å². The highest BCUT2D eigenvalue weighted by Gasteiger charge is 2.29. The lowest BCUT2D eigenvalue weighted by Crippen LogP contribution is -2.16. The maximum absolute atomic E-state index is 12.3. The average Bonchev–Trinajstić information content (AvgIpc) is 2.68. The topological polar surface area (TPSA) is 17.8 Å². The molecule has 0 unspecified atom stereocenters. The van der Waals surface area contributed by atoms with Gasteiger partial charge in [-0.3, -0.25) is 0 Å². The minimum atomic E-state index is -4.18. The number of nitrogens with zero attached hydrogens (tertiary/aromatic N) is 2. The highest BCUT2D eigenvalue weighted by Crippen LogP contribution is 2.20. The summed E-state index contributed by atoms with van der Waals surface area (Å²) in [5, 5.41) is 0. The molecule has 0 saturated carbocycles. The van der Waals surface area contributed by atoms with Crippen LogP contribution in [0.1, 0.15) is 51.3 Å². The van der Waals surface area contributed by atoms with E-state index in [0.29, 0.717) is 6.54 Å². The molecule has 0 radical (unpaired) electrons. The first-order chi connectivity index (χ1) is 8.53. The Morgan fingerprint density at radius 3 is 2.44 bits per heavy atom. The van der Waals surface area contributed by atoms with Crippen molar-refractivity contribution in [1.29, 1.82) is 0 Å². The first-order valence-electron chi connectivity index (χ1n) is 6.59. The molecule has 0 aliphatic rings. The van der Waals surface area contributed by atoms with Crippen LogP contribution in [0.4, 0.5) is 13.2 Å². The second-order valence-electron chi connectivity index (χ2n) is 4.60. The summed E-state index contributed by atoms with van der Waals surface area (Å²) in [6, 6.07) is 0. The van der Waals surface area contributed by atoms with Crippen LogP contribution in [-0.2, 0) is 13.0 Å². The van der Waals surface area contributed by atoms with Crippen molar-refractivity contribution in [3.63, 3.8) is 0 Å². The zero-order chi connectivity index (χ0) is 13.4. The van der Waals surface area contributed by atoms with E-state index in [1.54, 1.807) is 10.8 Å². The summed E-state index contributed by atoms with van der Waals surface area (Å²) in [6.45, 7) is 2.80. The van der Waals surface area contributed by atoms with Gasteiger partial charge >= 0.3 is 6.18 Å². The van der Waals surface area contributed by atoms with Crippen molar-refractivity contribution < 1.29 is 13.2 Å². The molecule has 0 bridgehead atoms. The Kier molecular flexibility index (Phi) is 6.22. The van der Waals surface area contributed by atoms with Crippen LogP contribution in [0.5, 0.6) is 0 Å². The van der Waals surface area contributed by atoms with Gasteiger partial charge in [-0.25, -0.2) is 4.98 Å². The molecule has 104 valence electrons. The number of alkyl halides is 3. The van der Waals surface area contributed by atoms with Crippen LogP contribution in [0.25, 0.3) is 0 Å². The van der Waals surface area contributed by atoms with E-state index in [2.05, 4.69) is 11.9 Å². The standard InChI is InChI=1S/C13H21F3N2/c1-2-3-4-5-6-7-9-18-10-8-17-12(18)11-13(14,15)16/h8,10H,2-7,9,11H2,1H3. The van der Waals surface area contributed by atoms with Crippen LogP contribution < -0.4 is 0 Å². The van der Waals surface area contributed by atoms with Crippen LogP contribution in [0.15, 0.2) is 12.4 Å². The van der Waals surface area contributed by atoms with Gasteiger partial charge in [-0.2, -0.15) is 13.2 Å². The van der Waals surface area contributed by atoms with Gasteiger partial charge in [-0.05, 0) is 6.42 Å². The van der Waals surface area contributed by atoms with E-state index >= 15 is 0 Å². The van der Waals surface area contributed by atoms with Crippen LogP contribution in [0, 0.1) is 0 Å². The zero-order valence-electron chi connectivity index (χ0n) is 10.8. The largest absolute Gasteiger partial charge is 0.396 e. The van der Waals surface area contributed by atoms with Crippen molar-refractivity contribution in [2.24, 2.45) is 0 Å². The lowest BCUT2D eigenvalue weighted by atomic mass is 10.1. The smallest absolute Gasteiger partial charge is 0.335 e. The van der Waals surface area contributed by atoms with Crippen LogP contribution >= 0.6 is 0 Å². The molecule has 1 rings (SSSR count). The normalized spacial score (nSPS) is 12.0. The van der Waals surface area contributed by atoms with Gasteiger partial charge in [0, 0.05) is 18.9 Å². The van der Waals surface area contributed by atoms with Gasteiger partial charge < -0.3 is 4.57 Å². The minimum Gasteiger partial charge on any atom is -0.335 e. The fourth-order valence-corrected chi connectivity index (χ4v) is 1.95. The quantitative estimate of drug-likeness (QED) is 0.637. The third-order valence-electron chi connectivity index (χ3n) is 2.91. The molecule has 0 saturated heterocycles. The summed E-state index contributed by atoms with van der Waals surface area (Å²) in [5.41, 5.74) is 0. The zero-order valence-corrected chi connectivity index (χ0v) is 10.8. The summed E-state index contributed by atoms with van der Waals surface area (Å²) >= 11 is 0. The molecule has 0 N–H and O–H groups in total. The predicted molar refractivity (Wildman–Crippen MR) is 65.4 cm³/mol. The minimum absolute atomic E-state index is 0.121. The summed E-state index contributed by atoms with van der Waals surface area (Å²) in [5.74, 6) is 0.121. The molecule has 0 aliphatic heterocycles. The van der Waals surface area contributed by atoms with E-state index in [-0.39, 0.29) is 5.82 Å². The number of unbranched alkanes of at least 4 members (excludes halogenated alkanes) is 5. The van der Waals surface area contributed by atoms with Gasteiger partial charge in [0.05, 0.1) is 0 Å². The van der Waals surface area contributed by atoms with E-state index in [0.717, 1.165) is 19.3 Å². The summed E-state index contributed by atoms with van der Waals surface area (Å²) in [7, 11) is 0. The molecule has 0 atom stereocenters. The maximum atomic E-state index is 12.3. The summed E-state index contributed by atoms with van der Waals surface area (Å²) in [6.07, 6.45) is 4.79. The summed E-state index contributed by atoms with van der Waals surface area (Å²) < 4.78 is 38.4. The monoisotopic (exact) mass is 262 g/mol. The maximum Gasteiger partial charge on any atom is 0.396 e. The second kappa shape index (κ2) is 7.44. The number of hydrogen-bond acceptors (Lipinski definition) is 1. The third kappa shape index (κ3) is 6.07. The van der Waals surface area contributed by atoms with E-state index in [1.165, 1.54) is 25.5 Å². The number of aromatic nitrogens is 2. The molecule has 0 spiro atoms. The van der Waals surface area contributed by atoms with Crippen LogP contribution in [0.3, 0.4) is 0 Å². The number of rotatable bonds is 8. The van der Waals surface area contributed by atoms with E-state index in [1.807, 2.05) is 0 Å². The van der Waals surface area contributed by atoms with Crippen molar-refractivity contribution >= 4 is 0 Å². The van der Waals surface area contributed by atoms with Crippen molar-refractivity contribution in [1.82, 2.24) is 9.55 Å². The van der Waals surface area contributed by atoms with Crippen molar-refractivity contribution in [2.75, 3.05) is 0 Å². The lowest BCUT2D eigenvalue weighted by molar-refractivity contribution is -0.129. The molecular formula is C13H21F3N2. The third-order valence-corrected chi connectivity index (χ3v) is 2.91. The fraction of sp³-hybridized carbons (Fsp3) is 0.769. The Morgan fingerprint density at radius 1 is 1.11 bits per heavy atom. The Labute approximate surface area is 106 Å². The molecule has 1 aromatic rings. The Bertz CT molecular complexity index is 331. The second-order valence-corrected chi connectivity index (χ2v) is 4.60. The molecule has 0 fully saturated rings. The fourth-order valence-electron chi connectivity index (χ4n) is 1.95. The van der Waals surface area contributed by atoms with Gasteiger partial charge in [-0.15, -0.1) is 0 Å². The molecule has 2 nitrogen and oxygen atoms in total. The Balaban J connectivity index is 2.28. The number of aryl methyl sites for hydroxylation is 1. The molecular weight excluding hydrogens is 241 g/mol. The van der Waals surface area contributed by atoms with E-state index in [9.17, 15) is 13.2 Å². The van der Waals surface area contributed by atoms with Crippen LogP contribution in [0.2, 0.25) is 0 Å². The molecule has 0 aliphatic carbocycles. The van der Waals surface area contributed by atoms with Crippen LogP contribution in [-0.4, -0.2) is 15.7 Å². The van der Waals surface area contributed by atoms with Gasteiger partial charge in [0.1, 0.15) is 12.2 Å². The molecule has 0 amide bonds. The number of halogens is 3. The first kappa shape index (κ1) is 15.1. The van der Waals surface area contributed by atoms with Gasteiger partial charge in [0.15, 0.2) is 0 Å². The Morgan fingerprint density at radius 2 is 1.78 bits per heavy atom. The number of imidazole rings is 1. The molecule has 1 aromatic heterocycles. The molecule has 0 aromatic carbocycles. The van der Waals surface area contributed by atoms with Gasteiger partial charge in [0.25, 0.3) is 0 Å². The highest BCUT2D eigenvalue weighted by atomic mass is 19.4. The molecule has 18 heavy (non-hydrogen) atoms. The highest BCUT2D eigenvalue weighted by molar-refractivity contribution is 4.94. The van der Waals surface area contributed by atoms with E-state index < -0.39 is 12.6 Å². The van der Waals surface area contributed by atoms with E-state index in [4.69, 9.17) is 0 Å². The summed E-state index contributed by atoms with van der Waals surface area (Å²) in [4.78, 5) is 3.77. The lowest BCUT2D eigenvalue weighted by Gasteiger charge is -2.09. The average molecular weight is 262 g/mol. The van der Waals surface area contributed by atoms with Crippen molar-refractivity contribution in [2.45, 2.75) is 64.6 Å². The Hall–Kier alpha value is -1.00. The molecule has 5 heteroatoms. The number of hydrogen-bond donors (Lipinski definition) is 0. The SMILES string of the molecule is CCCCCCCCn1ccnc1CC(F)(F)F.